The van der Waals surface area contributed by atoms with E-state index in [0.29, 0.717) is 12.2 Å². The van der Waals surface area contributed by atoms with Gasteiger partial charge in [-0.25, -0.2) is 9.78 Å². The highest BCUT2D eigenvalue weighted by Crippen LogP contribution is 2.21. The topological polar surface area (TPSA) is 82.5 Å². The van der Waals surface area contributed by atoms with E-state index in [1.807, 2.05) is 13.8 Å². The number of nitrogens with zero attached hydrogens (tertiary/aromatic N) is 1. The second-order valence-electron chi connectivity index (χ2n) is 4.34. The Morgan fingerprint density at radius 3 is 2.76 bits per heavy atom. The average Bonchev–Trinajstić information content (AvgIpc) is 2.20. The van der Waals surface area contributed by atoms with Gasteiger partial charge in [0.15, 0.2) is 0 Å². The first-order valence-corrected chi connectivity index (χ1v) is 5.51. The van der Waals surface area contributed by atoms with E-state index < -0.39 is 5.97 Å². The van der Waals surface area contributed by atoms with E-state index in [4.69, 9.17) is 21.8 Å². The molecule has 0 unspecified atom stereocenters. The third-order valence-electron chi connectivity index (χ3n) is 2.29. The molecule has 0 aromatic carbocycles. The number of carboxylic acids is 1. The number of carbonyl (C=O) groups is 1. The zero-order chi connectivity index (χ0) is 13.1. The lowest BCUT2D eigenvalue weighted by atomic mass is 10.0. The minimum atomic E-state index is -1.10. The molecule has 0 fully saturated rings. The number of aliphatic hydroxyl groups is 1. The van der Waals surface area contributed by atoms with Gasteiger partial charge in [-0.2, -0.15) is 0 Å². The summed E-state index contributed by atoms with van der Waals surface area (Å²) in [4.78, 5) is 14.9. The monoisotopic (exact) mass is 258 g/mol. The van der Waals surface area contributed by atoms with Gasteiger partial charge < -0.3 is 15.5 Å². The van der Waals surface area contributed by atoms with Crippen molar-refractivity contribution in [2.24, 2.45) is 0 Å². The number of hydrogen-bond acceptors (Lipinski definition) is 4. The summed E-state index contributed by atoms with van der Waals surface area (Å²) in [7, 11) is 0. The molecular weight excluding hydrogens is 244 g/mol. The van der Waals surface area contributed by atoms with Crippen molar-refractivity contribution in [3.63, 3.8) is 0 Å². The highest BCUT2D eigenvalue weighted by Gasteiger charge is 2.18. The second-order valence-corrected chi connectivity index (χ2v) is 4.74. The largest absolute Gasteiger partial charge is 0.478 e. The molecule has 0 saturated heterocycles. The van der Waals surface area contributed by atoms with Gasteiger partial charge in [0.2, 0.25) is 0 Å². The predicted molar refractivity (Wildman–Crippen MR) is 65.6 cm³/mol. The lowest BCUT2D eigenvalue weighted by Crippen LogP contribution is -2.32. The maximum absolute atomic E-state index is 10.9. The first kappa shape index (κ1) is 13.7. The van der Waals surface area contributed by atoms with Gasteiger partial charge in [-0.1, -0.05) is 11.6 Å². The number of halogens is 1. The Kier molecular flexibility index (Phi) is 4.31. The number of nitrogens with one attached hydrogen (secondary N) is 1. The van der Waals surface area contributed by atoms with Crippen LogP contribution in [0, 0.1) is 0 Å². The number of aliphatic hydroxyl groups excluding tert-OH is 1. The van der Waals surface area contributed by atoms with Gasteiger partial charge in [-0.3, -0.25) is 0 Å². The molecule has 1 rings (SSSR count). The van der Waals surface area contributed by atoms with Crippen LogP contribution in [0.25, 0.3) is 0 Å². The minimum absolute atomic E-state index is 0.00367. The Hall–Kier alpha value is -1.33. The average molecular weight is 259 g/mol. The van der Waals surface area contributed by atoms with Crippen molar-refractivity contribution in [2.45, 2.75) is 25.8 Å². The third-order valence-corrected chi connectivity index (χ3v) is 2.59. The SMILES string of the molecule is CC(C)(CCO)Nc1cc(C(=O)O)c(Cl)cn1. The van der Waals surface area contributed by atoms with Crippen LogP contribution in [0.3, 0.4) is 0 Å². The molecule has 1 aromatic rings. The Bertz CT molecular complexity index is 421. The number of hydrogen-bond donors (Lipinski definition) is 3. The lowest BCUT2D eigenvalue weighted by molar-refractivity contribution is 0.0697. The molecule has 0 amide bonds. The zero-order valence-corrected chi connectivity index (χ0v) is 10.5. The van der Waals surface area contributed by atoms with Crippen molar-refractivity contribution in [3.05, 3.63) is 22.8 Å². The standard InChI is InChI=1S/C11H15ClN2O3/c1-11(2,3-4-15)14-9-5-7(10(16)17)8(12)6-13-9/h5-6,15H,3-4H2,1-2H3,(H,13,14)(H,16,17). The molecule has 0 aliphatic carbocycles. The first-order chi connectivity index (χ1) is 7.85. The van der Waals surface area contributed by atoms with E-state index >= 15 is 0 Å². The molecule has 94 valence electrons. The molecule has 0 spiro atoms. The predicted octanol–water partition coefficient (Wildman–Crippen LogP) is 2.01. The van der Waals surface area contributed by atoms with Crippen LogP contribution in [0.1, 0.15) is 30.6 Å². The molecule has 0 bridgehead atoms. The van der Waals surface area contributed by atoms with Gasteiger partial charge in [0, 0.05) is 18.3 Å². The second kappa shape index (κ2) is 5.33. The Morgan fingerprint density at radius 2 is 2.24 bits per heavy atom. The molecule has 0 saturated carbocycles. The highest BCUT2D eigenvalue weighted by molar-refractivity contribution is 6.33. The summed E-state index contributed by atoms with van der Waals surface area (Å²) in [6, 6.07) is 1.38. The van der Waals surface area contributed by atoms with E-state index in [9.17, 15) is 4.79 Å². The van der Waals surface area contributed by atoms with Crippen LogP contribution in [-0.4, -0.2) is 33.3 Å². The number of anilines is 1. The summed E-state index contributed by atoms with van der Waals surface area (Å²) < 4.78 is 0. The van der Waals surface area contributed by atoms with E-state index in [-0.39, 0.29) is 22.7 Å². The van der Waals surface area contributed by atoms with Gasteiger partial charge in [0.05, 0.1) is 10.6 Å². The Labute approximate surface area is 104 Å². The molecule has 0 aliphatic rings. The van der Waals surface area contributed by atoms with Crippen LogP contribution in [0.4, 0.5) is 5.82 Å². The molecule has 1 heterocycles. The molecule has 3 N–H and O–H groups in total. The quantitative estimate of drug-likeness (QED) is 0.753. The fourth-order valence-electron chi connectivity index (χ4n) is 1.36. The summed E-state index contributed by atoms with van der Waals surface area (Å²) in [6.45, 7) is 3.82. The maximum atomic E-state index is 10.9. The number of carboxylic acid groups (broad SMARTS) is 1. The van der Waals surface area contributed by atoms with Crippen LogP contribution < -0.4 is 5.32 Å². The molecule has 0 aliphatic heterocycles. The summed E-state index contributed by atoms with van der Waals surface area (Å²) in [6.07, 6.45) is 1.82. The van der Waals surface area contributed by atoms with Gasteiger partial charge in [0.1, 0.15) is 5.82 Å². The molecule has 0 atom stereocenters. The normalized spacial score (nSPS) is 11.3. The van der Waals surface area contributed by atoms with Crippen molar-refractivity contribution in [1.29, 1.82) is 0 Å². The first-order valence-electron chi connectivity index (χ1n) is 5.13. The van der Waals surface area contributed by atoms with Gasteiger partial charge in [-0.15, -0.1) is 0 Å². The Balaban J connectivity index is 2.93. The molecule has 5 nitrogen and oxygen atoms in total. The lowest BCUT2D eigenvalue weighted by Gasteiger charge is -2.26. The van der Waals surface area contributed by atoms with Gasteiger partial charge >= 0.3 is 5.97 Å². The highest BCUT2D eigenvalue weighted by atomic mass is 35.5. The van der Waals surface area contributed by atoms with Crippen molar-refractivity contribution >= 4 is 23.4 Å². The van der Waals surface area contributed by atoms with Crippen LogP contribution >= 0.6 is 11.6 Å². The van der Waals surface area contributed by atoms with E-state index in [1.54, 1.807) is 0 Å². The van der Waals surface area contributed by atoms with Crippen molar-refractivity contribution in [3.8, 4) is 0 Å². The van der Waals surface area contributed by atoms with Crippen molar-refractivity contribution in [2.75, 3.05) is 11.9 Å². The zero-order valence-electron chi connectivity index (χ0n) is 9.70. The van der Waals surface area contributed by atoms with Crippen molar-refractivity contribution in [1.82, 2.24) is 4.98 Å². The number of aromatic nitrogens is 1. The molecule has 6 heteroatoms. The van der Waals surface area contributed by atoms with Crippen molar-refractivity contribution < 1.29 is 15.0 Å². The minimum Gasteiger partial charge on any atom is -0.478 e. The maximum Gasteiger partial charge on any atom is 0.337 e. The van der Waals surface area contributed by atoms with Crippen LogP contribution in [0.15, 0.2) is 12.3 Å². The molecule has 0 radical (unpaired) electrons. The fourth-order valence-corrected chi connectivity index (χ4v) is 1.54. The van der Waals surface area contributed by atoms with Crippen LogP contribution in [0.5, 0.6) is 0 Å². The molecule has 17 heavy (non-hydrogen) atoms. The molecular formula is C11H15ClN2O3. The number of rotatable bonds is 5. The van der Waals surface area contributed by atoms with Crippen LogP contribution in [-0.2, 0) is 0 Å². The van der Waals surface area contributed by atoms with E-state index in [1.165, 1.54) is 12.3 Å². The summed E-state index contributed by atoms with van der Waals surface area (Å²) >= 11 is 5.71. The summed E-state index contributed by atoms with van der Waals surface area (Å²) in [5.74, 6) is -0.675. The number of pyridine rings is 1. The van der Waals surface area contributed by atoms with Gasteiger partial charge in [0.25, 0.3) is 0 Å². The van der Waals surface area contributed by atoms with E-state index in [0.717, 1.165) is 0 Å². The van der Waals surface area contributed by atoms with Crippen LogP contribution in [0.2, 0.25) is 5.02 Å². The summed E-state index contributed by atoms with van der Waals surface area (Å²) in [5, 5.41) is 21.0. The third kappa shape index (κ3) is 3.87. The Morgan fingerprint density at radius 1 is 1.59 bits per heavy atom. The molecule has 1 aromatic heterocycles. The summed E-state index contributed by atoms with van der Waals surface area (Å²) in [5.41, 5.74) is -0.366. The number of aromatic carboxylic acids is 1. The van der Waals surface area contributed by atoms with E-state index in [2.05, 4.69) is 10.3 Å². The van der Waals surface area contributed by atoms with Gasteiger partial charge in [-0.05, 0) is 26.3 Å². The fraction of sp³-hybridized carbons (Fsp3) is 0.455. The smallest absolute Gasteiger partial charge is 0.337 e.